The first-order valence-corrected chi connectivity index (χ1v) is 30.9. The van der Waals surface area contributed by atoms with E-state index in [1.165, 1.54) is 290 Å². The number of nitrogens with zero attached hydrogens (tertiary/aromatic N) is 1. The van der Waals surface area contributed by atoms with Gasteiger partial charge in [-0.15, -0.1) is 0 Å². The highest BCUT2D eigenvalue weighted by Gasteiger charge is 2.19. The van der Waals surface area contributed by atoms with Gasteiger partial charge in [-0.2, -0.15) is 12.6 Å². The second-order valence-corrected chi connectivity index (χ2v) is 22.4. The van der Waals surface area contributed by atoms with Crippen molar-refractivity contribution in [3.63, 3.8) is 0 Å². The SMILES string of the molecule is CN(Cc1ccccc1B(O)O)Cc1c2ccccc2c(CCCCCCCCCCCCCCCCCCCCCCCCCCCCCCCCCCCCCCCCCCS)c2ccccc12. The average molecular weight is 976 g/mol. The van der Waals surface area contributed by atoms with E-state index in [0.717, 1.165) is 24.3 Å². The maximum atomic E-state index is 9.94. The molecule has 2 N–H and O–H groups in total. The first-order valence-electron chi connectivity index (χ1n) is 30.2. The quantitative estimate of drug-likeness (QED) is 0.0179. The van der Waals surface area contributed by atoms with Crippen LogP contribution in [0.25, 0.3) is 21.5 Å². The van der Waals surface area contributed by atoms with Crippen molar-refractivity contribution in [2.45, 2.75) is 276 Å². The number of aryl methyl sites for hydroxylation is 1. The van der Waals surface area contributed by atoms with Crippen molar-refractivity contribution in [1.29, 1.82) is 0 Å². The fraction of sp³-hybridized carbons (Fsp3) is 0.692. The minimum Gasteiger partial charge on any atom is -0.423 e. The van der Waals surface area contributed by atoms with Gasteiger partial charge in [0.1, 0.15) is 0 Å². The van der Waals surface area contributed by atoms with Crippen molar-refractivity contribution in [2.24, 2.45) is 0 Å². The molecule has 0 bridgehead atoms. The third-order valence-electron chi connectivity index (χ3n) is 15.7. The van der Waals surface area contributed by atoms with Crippen LogP contribution in [-0.2, 0) is 19.5 Å². The lowest BCUT2D eigenvalue weighted by Gasteiger charge is -2.23. The molecule has 0 aliphatic rings. The summed E-state index contributed by atoms with van der Waals surface area (Å²) in [6.07, 6.45) is 58.8. The van der Waals surface area contributed by atoms with Gasteiger partial charge in [0, 0.05) is 13.1 Å². The van der Waals surface area contributed by atoms with Gasteiger partial charge in [-0.05, 0) is 75.8 Å². The molecule has 3 nitrogen and oxygen atoms in total. The number of hydrogen-bond acceptors (Lipinski definition) is 4. The molecule has 0 fully saturated rings. The number of hydrogen-bond donors (Lipinski definition) is 3. The van der Waals surface area contributed by atoms with Crippen LogP contribution >= 0.6 is 12.6 Å². The molecule has 4 aromatic rings. The Morgan fingerprint density at radius 2 is 0.586 bits per heavy atom. The lowest BCUT2D eigenvalue weighted by Crippen LogP contribution is -2.35. The van der Waals surface area contributed by atoms with Crippen molar-refractivity contribution in [3.8, 4) is 0 Å². The second-order valence-electron chi connectivity index (χ2n) is 21.9. The monoisotopic (exact) mass is 976 g/mol. The van der Waals surface area contributed by atoms with E-state index in [-0.39, 0.29) is 0 Å². The summed E-state index contributed by atoms with van der Waals surface area (Å²) < 4.78 is 0. The van der Waals surface area contributed by atoms with Crippen LogP contribution in [0.2, 0.25) is 0 Å². The summed E-state index contributed by atoms with van der Waals surface area (Å²) in [5, 5.41) is 25.3. The fourth-order valence-electron chi connectivity index (χ4n) is 11.4. The maximum absolute atomic E-state index is 9.94. The molecular weight excluding hydrogens is 870 g/mol. The molecule has 0 radical (unpaired) electrons. The van der Waals surface area contributed by atoms with Gasteiger partial charge in [-0.25, -0.2) is 0 Å². The molecule has 4 rings (SSSR count). The van der Waals surface area contributed by atoms with Crippen molar-refractivity contribution in [1.82, 2.24) is 4.90 Å². The number of rotatable bonds is 47. The van der Waals surface area contributed by atoms with E-state index in [9.17, 15) is 10.0 Å². The summed E-state index contributed by atoms with van der Waals surface area (Å²) in [5.41, 5.74) is 4.38. The number of fused-ring (bicyclic) bond motifs is 2. The summed E-state index contributed by atoms with van der Waals surface area (Å²) in [6.45, 7) is 1.44. The third kappa shape index (κ3) is 26.6. The summed E-state index contributed by atoms with van der Waals surface area (Å²) >= 11 is 4.31. The normalized spacial score (nSPS) is 11.8. The number of unbranched alkanes of at least 4 members (excludes halogenated alkanes) is 39. The fourth-order valence-corrected chi connectivity index (χ4v) is 11.7. The molecule has 0 spiro atoms. The largest absolute Gasteiger partial charge is 0.488 e. The zero-order chi connectivity index (χ0) is 49.4. The minimum absolute atomic E-state index is 0.580. The predicted octanol–water partition coefficient (Wildman–Crippen LogP) is 19.4. The highest BCUT2D eigenvalue weighted by Crippen LogP contribution is 2.35. The Morgan fingerprint density at radius 1 is 0.329 bits per heavy atom. The van der Waals surface area contributed by atoms with Crippen LogP contribution in [0.15, 0.2) is 72.8 Å². The highest BCUT2D eigenvalue weighted by molar-refractivity contribution is 7.80. The van der Waals surface area contributed by atoms with Crippen LogP contribution in [0.3, 0.4) is 0 Å². The van der Waals surface area contributed by atoms with Gasteiger partial charge in [0.15, 0.2) is 0 Å². The zero-order valence-electron chi connectivity index (χ0n) is 45.4. The maximum Gasteiger partial charge on any atom is 0.488 e. The van der Waals surface area contributed by atoms with Crippen molar-refractivity contribution < 1.29 is 10.0 Å². The van der Waals surface area contributed by atoms with E-state index < -0.39 is 7.12 Å². The molecule has 392 valence electrons. The highest BCUT2D eigenvalue weighted by atomic mass is 32.1. The van der Waals surface area contributed by atoms with Crippen LogP contribution in [0.4, 0.5) is 0 Å². The number of benzene rings is 4. The summed E-state index contributed by atoms with van der Waals surface area (Å²) in [7, 11) is 0.668. The summed E-state index contributed by atoms with van der Waals surface area (Å²) in [5.74, 6) is 1.06. The van der Waals surface area contributed by atoms with E-state index in [0.29, 0.717) is 12.0 Å². The van der Waals surface area contributed by atoms with Crippen LogP contribution in [0, 0.1) is 0 Å². The van der Waals surface area contributed by atoms with Crippen molar-refractivity contribution in [3.05, 3.63) is 89.5 Å². The topological polar surface area (TPSA) is 43.7 Å². The molecule has 0 aliphatic heterocycles. The van der Waals surface area contributed by atoms with Gasteiger partial charge in [0.2, 0.25) is 0 Å². The molecule has 70 heavy (non-hydrogen) atoms. The van der Waals surface area contributed by atoms with Crippen LogP contribution in [-0.4, -0.2) is 34.9 Å². The van der Waals surface area contributed by atoms with Gasteiger partial charge in [-0.3, -0.25) is 4.90 Å². The van der Waals surface area contributed by atoms with Gasteiger partial charge < -0.3 is 10.0 Å². The van der Waals surface area contributed by atoms with E-state index in [1.54, 1.807) is 6.07 Å². The van der Waals surface area contributed by atoms with E-state index in [4.69, 9.17) is 0 Å². The van der Waals surface area contributed by atoms with Gasteiger partial charge in [0.25, 0.3) is 0 Å². The smallest absolute Gasteiger partial charge is 0.423 e. The molecule has 0 aromatic heterocycles. The number of thiol groups is 1. The molecule has 0 amide bonds. The van der Waals surface area contributed by atoms with E-state index >= 15 is 0 Å². The molecule has 5 heteroatoms. The standard InChI is InChI=1S/C65H106BNO2S/c1-67(56-58-48-41-46-54-65(58)66(68)69)57-64-62-52-44-42-50-60(62)59(61-51-43-45-53-63(61)64)49-40-38-36-34-32-30-28-26-24-22-20-18-16-14-12-10-8-6-4-2-3-5-7-9-11-13-15-17-19-21-23-25-27-29-31-33-35-37-39-47-55-70/h41-46,48,50-54,68-70H,2-40,47,49,55-57H2,1H3. The van der Waals surface area contributed by atoms with Gasteiger partial charge in [0.05, 0.1) is 0 Å². The third-order valence-corrected chi connectivity index (χ3v) is 16.0. The molecule has 0 unspecified atom stereocenters. The summed E-state index contributed by atoms with van der Waals surface area (Å²) in [6, 6.07) is 25.6. The Bertz CT molecular complexity index is 1790. The molecule has 0 saturated heterocycles. The Hall–Kier alpha value is -2.31. The lowest BCUT2D eigenvalue weighted by atomic mass is 9.77. The zero-order valence-corrected chi connectivity index (χ0v) is 46.3. The first-order chi connectivity index (χ1) is 34.6. The Morgan fingerprint density at radius 3 is 0.886 bits per heavy atom. The Balaban J connectivity index is 0.878. The van der Waals surface area contributed by atoms with Crippen LogP contribution < -0.4 is 5.46 Å². The first kappa shape index (κ1) is 60.3. The molecular formula is C65H106BNO2S. The van der Waals surface area contributed by atoms with Crippen molar-refractivity contribution >= 4 is 46.8 Å². The second kappa shape index (κ2) is 41.1. The molecule has 0 heterocycles. The predicted molar refractivity (Wildman–Crippen MR) is 315 cm³/mol. The van der Waals surface area contributed by atoms with Crippen molar-refractivity contribution in [2.75, 3.05) is 12.8 Å². The van der Waals surface area contributed by atoms with Gasteiger partial charge in [-0.1, -0.05) is 317 Å². The summed E-state index contributed by atoms with van der Waals surface area (Å²) in [4.78, 5) is 2.29. The molecule has 0 saturated carbocycles. The molecule has 0 aliphatic carbocycles. The van der Waals surface area contributed by atoms with Gasteiger partial charge >= 0.3 is 7.12 Å². The molecule has 4 aromatic carbocycles. The molecule has 0 atom stereocenters. The average Bonchev–Trinajstić information content (AvgIpc) is 3.37. The Labute approximate surface area is 438 Å². The lowest BCUT2D eigenvalue weighted by molar-refractivity contribution is 0.321. The van der Waals surface area contributed by atoms with E-state index in [1.807, 2.05) is 18.2 Å². The Kier molecular flexibility index (Phi) is 35.4. The minimum atomic E-state index is -1.46. The van der Waals surface area contributed by atoms with E-state index in [2.05, 4.69) is 73.1 Å². The van der Waals surface area contributed by atoms with Crippen LogP contribution in [0.1, 0.15) is 274 Å². The van der Waals surface area contributed by atoms with Crippen LogP contribution in [0.5, 0.6) is 0 Å².